The van der Waals surface area contributed by atoms with Gasteiger partial charge in [-0.05, 0) is 69.7 Å². The van der Waals surface area contributed by atoms with Gasteiger partial charge in [-0.1, -0.05) is 6.07 Å². The third-order valence-corrected chi connectivity index (χ3v) is 5.09. The molecular weight excluding hydrogens is 344 g/mol. The van der Waals surface area contributed by atoms with Crippen molar-refractivity contribution in [2.75, 3.05) is 20.2 Å². The van der Waals surface area contributed by atoms with Crippen LogP contribution in [0, 0.1) is 6.92 Å². The van der Waals surface area contributed by atoms with Gasteiger partial charge in [-0.15, -0.1) is 0 Å². The van der Waals surface area contributed by atoms with Crippen molar-refractivity contribution in [3.63, 3.8) is 0 Å². The number of aromatic amines is 1. The number of rotatable bonds is 2. The minimum atomic E-state index is -0.470. The summed E-state index contributed by atoms with van der Waals surface area (Å²) in [6.07, 6.45) is 1.57. The molecule has 1 fully saturated rings. The maximum atomic E-state index is 12.2. The maximum absolute atomic E-state index is 12.2. The third kappa shape index (κ3) is 4.10. The lowest BCUT2D eigenvalue weighted by atomic mass is 9.88. The quantitative estimate of drug-likeness (QED) is 0.794. The summed E-state index contributed by atoms with van der Waals surface area (Å²) in [6, 6.07) is 6.28. The number of H-pyrrole nitrogens is 1. The number of nitrogens with zero attached hydrogens (tertiary/aromatic N) is 1. The number of aromatic nitrogens is 1. The lowest BCUT2D eigenvalue weighted by Gasteiger charge is -2.33. The molecule has 0 atom stereocenters. The van der Waals surface area contributed by atoms with Gasteiger partial charge in [-0.2, -0.15) is 0 Å². The van der Waals surface area contributed by atoms with Crippen LogP contribution in [0.2, 0.25) is 0 Å². The van der Waals surface area contributed by atoms with Crippen molar-refractivity contribution < 1.29 is 19.1 Å². The Bertz CT molecular complexity index is 855. The summed E-state index contributed by atoms with van der Waals surface area (Å²) in [7, 11) is 1.39. The highest BCUT2D eigenvalue weighted by Gasteiger charge is 2.28. The van der Waals surface area contributed by atoms with Crippen LogP contribution in [0.4, 0.5) is 4.79 Å². The topological polar surface area (TPSA) is 71.6 Å². The van der Waals surface area contributed by atoms with Crippen molar-refractivity contribution in [1.82, 2.24) is 9.88 Å². The zero-order chi connectivity index (χ0) is 19.8. The van der Waals surface area contributed by atoms with Gasteiger partial charge in [0.25, 0.3) is 0 Å². The van der Waals surface area contributed by atoms with E-state index >= 15 is 0 Å². The van der Waals surface area contributed by atoms with Gasteiger partial charge in [-0.3, -0.25) is 0 Å². The molecule has 1 aromatic carbocycles. The maximum Gasteiger partial charge on any atom is 0.410 e. The van der Waals surface area contributed by atoms with E-state index in [0.29, 0.717) is 24.7 Å². The van der Waals surface area contributed by atoms with Crippen LogP contribution in [0.1, 0.15) is 61.1 Å². The largest absolute Gasteiger partial charge is 0.464 e. The van der Waals surface area contributed by atoms with Crippen LogP contribution >= 0.6 is 0 Å². The Morgan fingerprint density at radius 2 is 1.85 bits per heavy atom. The van der Waals surface area contributed by atoms with Crippen molar-refractivity contribution in [2.45, 2.75) is 52.1 Å². The van der Waals surface area contributed by atoms with Crippen LogP contribution in [0.25, 0.3) is 10.9 Å². The molecule has 2 aromatic rings. The van der Waals surface area contributed by atoms with Crippen LogP contribution in [0.5, 0.6) is 0 Å². The van der Waals surface area contributed by atoms with Gasteiger partial charge < -0.3 is 19.4 Å². The van der Waals surface area contributed by atoms with E-state index < -0.39 is 5.60 Å². The zero-order valence-corrected chi connectivity index (χ0v) is 16.7. The molecule has 1 aliphatic heterocycles. The van der Waals surface area contributed by atoms with E-state index in [1.54, 1.807) is 4.90 Å². The van der Waals surface area contributed by atoms with Crippen molar-refractivity contribution in [1.29, 1.82) is 0 Å². The first kappa shape index (κ1) is 19.3. The number of carbonyl (C=O) groups excluding carboxylic acids is 2. The smallest absolute Gasteiger partial charge is 0.410 e. The second kappa shape index (κ2) is 7.25. The molecule has 0 spiro atoms. The van der Waals surface area contributed by atoms with E-state index in [4.69, 9.17) is 9.47 Å². The molecular formula is C21H28N2O4. The zero-order valence-electron chi connectivity index (χ0n) is 16.7. The van der Waals surface area contributed by atoms with Crippen molar-refractivity contribution >= 4 is 23.0 Å². The van der Waals surface area contributed by atoms with E-state index in [1.165, 1.54) is 12.7 Å². The first-order valence-electron chi connectivity index (χ1n) is 9.38. The molecule has 0 saturated carbocycles. The number of nitrogens with one attached hydrogen (secondary N) is 1. The SMILES string of the molecule is COC(=O)c1[nH]c2ccc(C3CCN(C(=O)OC(C)(C)C)CC3)cc2c1C. The number of piperidine rings is 1. The lowest BCUT2D eigenvalue weighted by molar-refractivity contribution is 0.0204. The van der Waals surface area contributed by atoms with Crippen molar-refractivity contribution in [2.24, 2.45) is 0 Å². The number of methoxy groups -OCH3 is 1. The fraction of sp³-hybridized carbons (Fsp3) is 0.524. The number of ether oxygens (including phenoxy) is 2. The summed E-state index contributed by atoms with van der Waals surface area (Å²) in [6.45, 7) is 8.96. The fourth-order valence-electron chi connectivity index (χ4n) is 3.63. The Hall–Kier alpha value is -2.50. The minimum absolute atomic E-state index is 0.236. The Morgan fingerprint density at radius 3 is 2.44 bits per heavy atom. The summed E-state index contributed by atoms with van der Waals surface area (Å²) in [5, 5.41) is 1.04. The molecule has 27 heavy (non-hydrogen) atoms. The van der Waals surface area contributed by atoms with Gasteiger partial charge >= 0.3 is 12.1 Å². The lowest BCUT2D eigenvalue weighted by Crippen LogP contribution is -2.41. The van der Waals surface area contributed by atoms with Crippen LogP contribution in [-0.2, 0) is 9.47 Å². The molecule has 1 N–H and O–H groups in total. The second-order valence-corrected chi connectivity index (χ2v) is 8.16. The molecule has 2 heterocycles. The Morgan fingerprint density at radius 1 is 1.19 bits per heavy atom. The normalized spacial score (nSPS) is 15.8. The highest BCUT2D eigenvalue weighted by molar-refractivity contribution is 5.98. The van der Waals surface area contributed by atoms with Gasteiger partial charge in [0, 0.05) is 24.0 Å². The number of benzene rings is 1. The first-order valence-corrected chi connectivity index (χ1v) is 9.38. The van der Waals surface area contributed by atoms with Crippen molar-refractivity contribution in [3.05, 3.63) is 35.0 Å². The number of carbonyl (C=O) groups is 2. The number of hydrogen-bond donors (Lipinski definition) is 1. The van der Waals surface area contributed by atoms with E-state index in [-0.39, 0.29) is 12.1 Å². The van der Waals surface area contributed by atoms with Gasteiger partial charge in [0.2, 0.25) is 0 Å². The molecule has 0 unspecified atom stereocenters. The molecule has 1 saturated heterocycles. The van der Waals surface area contributed by atoms with Crippen molar-refractivity contribution in [3.8, 4) is 0 Å². The average Bonchev–Trinajstić information content (AvgIpc) is 2.96. The molecule has 0 bridgehead atoms. The molecule has 1 aromatic heterocycles. The minimum Gasteiger partial charge on any atom is -0.464 e. The summed E-state index contributed by atoms with van der Waals surface area (Å²) in [5.41, 5.74) is 3.12. The van der Waals surface area contributed by atoms with Gasteiger partial charge in [-0.25, -0.2) is 9.59 Å². The van der Waals surface area contributed by atoms with Gasteiger partial charge in [0.15, 0.2) is 0 Å². The average molecular weight is 372 g/mol. The summed E-state index contributed by atoms with van der Waals surface area (Å²) in [4.78, 5) is 29.0. The number of likely N-dealkylation sites (tertiary alicyclic amines) is 1. The molecule has 1 aliphatic rings. The van der Waals surface area contributed by atoms with Crippen LogP contribution in [-0.4, -0.2) is 47.7 Å². The predicted octanol–water partition coefficient (Wildman–Crippen LogP) is 4.38. The second-order valence-electron chi connectivity index (χ2n) is 8.16. The number of aryl methyl sites for hydroxylation is 1. The van der Waals surface area contributed by atoms with E-state index in [1.807, 2.05) is 33.8 Å². The summed E-state index contributed by atoms with van der Waals surface area (Å²) < 4.78 is 10.3. The van der Waals surface area contributed by atoms with Crippen LogP contribution < -0.4 is 0 Å². The number of hydrogen-bond acceptors (Lipinski definition) is 4. The summed E-state index contributed by atoms with van der Waals surface area (Å²) in [5.74, 6) is 0.0416. The van der Waals surface area contributed by atoms with E-state index in [0.717, 1.165) is 29.3 Å². The number of esters is 1. The van der Waals surface area contributed by atoms with Crippen LogP contribution in [0.15, 0.2) is 18.2 Å². The number of amides is 1. The van der Waals surface area contributed by atoms with E-state index in [9.17, 15) is 9.59 Å². The molecule has 1 amide bonds. The van der Waals surface area contributed by atoms with E-state index in [2.05, 4.69) is 17.1 Å². The molecule has 6 nitrogen and oxygen atoms in total. The predicted molar refractivity (Wildman–Crippen MR) is 104 cm³/mol. The fourth-order valence-corrected chi connectivity index (χ4v) is 3.63. The highest BCUT2D eigenvalue weighted by Crippen LogP contribution is 2.32. The molecule has 146 valence electrons. The van der Waals surface area contributed by atoms with Crippen LogP contribution in [0.3, 0.4) is 0 Å². The molecule has 6 heteroatoms. The van der Waals surface area contributed by atoms with Gasteiger partial charge in [0.05, 0.1) is 7.11 Å². The molecule has 0 aliphatic carbocycles. The first-order chi connectivity index (χ1) is 12.7. The molecule has 3 rings (SSSR count). The summed E-state index contributed by atoms with van der Waals surface area (Å²) >= 11 is 0. The highest BCUT2D eigenvalue weighted by atomic mass is 16.6. The Kier molecular flexibility index (Phi) is 5.18. The van der Waals surface area contributed by atoms with Gasteiger partial charge in [0.1, 0.15) is 11.3 Å². The monoisotopic (exact) mass is 372 g/mol. The molecule has 0 radical (unpaired) electrons. The number of fused-ring (bicyclic) bond motifs is 1. The third-order valence-electron chi connectivity index (χ3n) is 5.09. The Balaban J connectivity index is 1.73. The Labute approximate surface area is 159 Å². The standard InChI is InChI=1S/C21H28N2O4/c1-13-16-12-15(6-7-17(16)22-18(13)19(24)26-5)14-8-10-23(11-9-14)20(25)27-21(2,3)4/h6-7,12,14,22H,8-11H2,1-5H3.